The maximum atomic E-state index is 11.5. The Balaban J connectivity index is 2.51. The number of carboxylic acid groups (broad SMARTS) is 1. The number of rotatable bonds is 4. The van der Waals surface area contributed by atoms with Crippen LogP contribution in [0.25, 0.3) is 11.6 Å². The van der Waals surface area contributed by atoms with Crippen molar-refractivity contribution in [1.82, 2.24) is 0 Å². The largest absolute Gasteiger partial charge is 0.497 e. The van der Waals surface area contributed by atoms with E-state index in [1.807, 2.05) is 49.4 Å². The monoisotopic (exact) mass is 268 g/mol. The zero-order valence-electron chi connectivity index (χ0n) is 11.5. The first-order valence-corrected chi connectivity index (χ1v) is 6.27. The van der Waals surface area contributed by atoms with E-state index in [0.717, 1.165) is 16.7 Å². The van der Waals surface area contributed by atoms with Crippen molar-refractivity contribution in [3.8, 4) is 5.75 Å². The summed E-state index contributed by atoms with van der Waals surface area (Å²) in [5.41, 5.74) is 2.73. The predicted octanol–water partition coefficient (Wildman–Crippen LogP) is 3.63. The number of hydrogen-bond acceptors (Lipinski definition) is 2. The maximum absolute atomic E-state index is 11.5. The Bertz CT molecular complexity index is 657. The van der Waals surface area contributed by atoms with Crippen LogP contribution < -0.4 is 4.74 Å². The molecule has 0 aromatic heterocycles. The Labute approximate surface area is 118 Å². The summed E-state index contributed by atoms with van der Waals surface area (Å²) in [6.07, 6.45) is 1.66. The molecule has 0 heterocycles. The Morgan fingerprint density at radius 1 is 1.15 bits per heavy atom. The van der Waals surface area contributed by atoms with Crippen LogP contribution in [0.15, 0.2) is 48.5 Å². The van der Waals surface area contributed by atoms with Crippen LogP contribution in [-0.2, 0) is 4.79 Å². The number of methoxy groups -OCH3 is 1. The fourth-order valence-electron chi connectivity index (χ4n) is 2.03. The standard InChI is InChI=1S/C17H16O3/c1-12-6-3-4-9-15(12)16(17(18)19)11-13-7-5-8-14(10-13)20-2/h3-11H,1-2H3,(H,18,19)/b16-11+. The number of aryl methyl sites for hydroxylation is 1. The molecule has 0 bridgehead atoms. The minimum absolute atomic E-state index is 0.274. The first-order valence-electron chi connectivity index (χ1n) is 6.27. The predicted molar refractivity (Wildman–Crippen MR) is 79.7 cm³/mol. The third-order valence-corrected chi connectivity index (χ3v) is 3.07. The van der Waals surface area contributed by atoms with E-state index in [4.69, 9.17) is 4.74 Å². The van der Waals surface area contributed by atoms with Gasteiger partial charge in [-0.2, -0.15) is 0 Å². The summed E-state index contributed by atoms with van der Waals surface area (Å²) in [7, 11) is 1.59. The molecule has 0 aliphatic heterocycles. The Kier molecular flexibility index (Phi) is 4.20. The van der Waals surface area contributed by atoms with Gasteiger partial charge in [-0.05, 0) is 41.8 Å². The van der Waals surface area contributed by atoms with E-state index in [1.54, 1.807) is 19.3 Å². The fraction of sp³-hybridized carbons (Fsp3) is 0.118. The first-order chi connectivity index (χ1) is 9.61. The lowest BCUT2D eigenvalue weighted by atomic mass is 9.98. The molecular weight excluding hydrogens is 252 g/mol. The van der Waals surface area contributed by atoms with Gasteiger partial charge in [-0.25, -0.2) is 4.79 Å². The molecule has 0 aliphatic carbocycles. The molecule has 0 saturated heterocycles. The molecule has 2 rings (SSSR count). The number of hydrogen-bond donors (Lipinski definition) is 1. The van der Waals surface area contributed by atoms with Crippen LogP contribution in [0, 0.1) is 6.92 Å². The summed E-state index contributed by atoms with van der Waals surface area (Å²) in [6.45, 7) is 1.90. The van der Waals surface area contributed by atoms with Gasteiger partial charge in [-0.3, -0.25) is 0 Å². The van der Waals surface area contributed by atoms with Crippen molar-refractivity contribution in [1.29, 1.82) is 0 Å². The quantitative estimate of drug-likeness (QED) is 0.680. The maximum Gasteiger partial charge on any atom is 0.336 e. The lowest BCUT2D eigenvalue weighted by Crippen LogP contribution is -2.01. The van der Waals surface area contributed by atoms with E-state index in [-0.39, 0.29) is 5.57 Å². The molecule has 0 spiro atoms. The number of benzene rings is 2. The average molecular weight is 268 g/mol. The van der Waals surface area contributed by atoms with Crippen molar-refractivity contribution in [2.45, 2.75) is 6.92 Å². The van der Waals surface area contributed by atoms with E-state index in [9.17, 15) is 9.90 Å². The van der Waals surface area contributed by atoms with E-state index in [1.165, 1.54) is 0 Å². The van der Waals surface area contributed by atoms with Crippen LogP contribution in [0.3, 0.4) is 0 Å². The van der Waals surface area contributed by atoms with Crippen LogP contribution in [0.1, 0.15) is 16.7 Å². The smallest absolute Gasteiger partial charge is 0.336 e. The van der Waals surface area contributed by atoms with E-state index >= 15 is 0 Å². The van der Waals surface area contributed by atoms with Crippen molar-refractivity contribution < 1.29 is 14.6 Å². The summed E-state index contributed by atoms with van der Waals surface area (Å²) in [5.74, 6) is -0.240. The molecule has 2 aromatic carbocycles. The molecule has 1 N–H and O–H groups in total. The zero-order chi connectivity index (χ0) is 14.5. The van der Waals surface area contributed by atoms with Gasteiger partial charge >= 0.3 is 5.97 Å². The Morgan fingerprint density at radius 2 is 1.90 bits per heavy atom. The molecule has 3 heteroatoms. The average Bonchev–Trinajstić information content (AvgIpc) is 2.45. The second-order valence-corrected chi connectivity index (χ2v) is 4.45. The third-order valence-electron chi connectivity index (χ3n) is 3.07. The third kappa shape index (κ3) is 3.06. The number of ether oxygens (including phenoxy) is 1. The lowest BCUT2D eigenvalue weighted by molar-refractivity contribution is -0.130. The molecule has 0 aliphatic rings. The van der Waals surface area contributed by atoms with Gasteiger partial charge in [0.2, 0.25) is 0 Å². The molecule has 0 amide bonds. The Morgan fingerprint density at radius 3 is 2.55 bits per heavy atom. The lowest BCUT2D eigenvalue weighted by Gasteiger charge is -2.07. The van der Waals surface area contributed by atoms with Crippen molar-refractivity contribution >= 4 is 17.6 Å². The van der Waals surface area contributed by atoms with Gasteiger partial charge in [0.05, 0.1) is 12.7 Å². The molecule has 20 heavy (non-hydrogen) atoms. The van der Waals surface area contributed by atoms with Gasteiger partial charge in [0, 0.05) is 0 Å². The molecule has 0 radical (unpaired) electrons. The van der Waals surface area contributed by atoms with Gasteiger partial charge in [-0.15, -0.1) is 0 Å². The van der Waals surface area contributed by atoms with Gasteiger partial charge in [-0.1, -0.05) is 36.4 Å². The van der Waals surface area contributed by atoms with Crippen LogP contribution >= 0.6 is 0 Å². The number of aliphatic carboxylic acids is 1. The molecule has 102 valence electrons. The van der Waals surface area contributed by atoms with Gasteiger partial charge < -0.3 is 9.84 Å². The number of carbonyl (C=O) groups is 1. The molecule has 0 unspecified atom stereocenters. The molecule has 0 saturated carbocycles. The van der Waals surface area contributed by atoms with Crippen molar-refractivity contribution in [3.63, 3.8) is 0 Å². The van der Waals surface area contributed by atoms with Crippen LogP contribution in [0.4, 0.5) is 0 Å². The van der Waals surface area contributed by atoms with Crippen molar-refractivity contribution in [3.05, 3.63) is 65.2 Å². The Hall–Kier alpha value is -2.55. The summed E-state index contributed by atoms with van der Waals surface area (Å²) in [5, 5.41) is 9.44. The SMILES string of the molecule is COc1cccc(/C=C(/C(=O)O)c2ccccc2C)c1. The van der Waals surface area contributed by atoms with E-state index < -0.39 is 5.97 Å². The second kappa shape index (κ2) is 6.06. The van der Waals surface area contributed by atoms with Gasteiger partial charge in [0.1, 0.15) is 5.75 Å². The minimum Gasteiger partial charge on any atom is -0.497 e. The zero-order valence-corrected chi connectivity index (χ0v) is 11.5. The highest BCUT2D eigenvalue weighted by Crippen LogP contribution is 2.23. The molecule has 0 atom stereocenters. The fourth-order valence-corrected chi connectivity index (χ4v) is 2.03. The summed E-state index contributed by atoms with van der Waals surface area (Å²) in [6, 6.07) is 14.8. The highest BCUT2D eigenvalue weighted by atomic mass is 16.5. The van der Waals surface area contributed by atoms with Gasteiger partial charge in [0.25, 0.3) is 0 Å². The number of carboxylic acids is 1. The highest BCUT2D eigenvalue weighted by Gasteiger charge is 2.12. The molecule has 0 fully saturated rings. The van der Waals surface area contributed by atoms with Crippen molar-refractivity contribution in [2.24, 2.45) is 0 Å². The molecule has 3 nitrogen and oxygen atoms in total. The van der Waals surface area contributed by atoms with Crippen LogP contribution in [-0.4, -0.2) is 18.2 Å². The normalized spacial score (nSPS) is 11.2. The molecule has 2 aromatic rings. The second-order valence-electron chi connectivity index (χ2n) is 4.45. The van der Waals surface area contributed by atoms with Gasteiger partial charge in [0.15, 0.2) is 0 Å². The van der Waals surface area contributed by atoms with Crippen molar-refractivity contribution in [2.75, 3.05) is 7.11 Å². The van der Waals surface area contributed by atoms with E-state index in [0.29, 0.717) is 5.75 Å². The topological polar surface area (TPSA) is 46.5 Å². The summed E-state index contributed by atoms with van der Waals surface area (Å²) in [4.78, 5) is 11.5. The molecular formula is C17H16O3. The highest BCUT2D eigenvalue weighted by molar-refractivity contribution is 6.21. The summed E-state index contributed by atoms with van der Waals surface area (Å²) >= 11 is 0. The first kappa shape index (κ1) is 13.9. The van der Waals surface area contributed by atoms with Crippen LogP contribution in [0.5, 0.6) is 5.75 Å². The summed E-state index contributed by atoms with van der Waals surface area (Å²) < 4.78 is 5.15. The minimum atomic E-state index is -0.942. The van der Waals surface area contributed by atoms with Crippen LogP contribution in [0.2, 0.25) is 0 Å². The van der Waals surface area contributed by atoms with E-state index in [2.05, 4.69) is 0 Å².